The zero-order chi connectivity index (χ0) is 18.4. The molecule has 1 aliphatic rings. The van der Waals surface area contributed by atoms with Gasteiger partial charge in [-0.15, -0.1) is 0 Å². The fourth-order valence-electron chi connectivity index (χ4n) is 3.18. The normalized spacial score (nSPS) is 17.3. The molecule has 1 aliphatic carbocycles. The molecule has 0 bridgehead atoms. The van der Waals surface area contributed by atoms with Crippen molar-refractivity contribution in [1.82, 2.24) is 5.48 Å². The van der Waals surface area contributed by atoms with Gasteiger partial charge >= 0.3 is 6.18 Å². The van der Waals surface area contributed by atoms with E-state index in [0.717, 1.165) is 38.2 Å². The van der Waals surface area contributed by atoms with E-state index in [2.05, 4.69) is 5.48 Å². The Morgan fingerprint density at radius 1 is 1.28 bits per heavy atom. The third-order valence-electron chi connectivity index (χ3n) is 4.94. The summed E-state index contributed by atoms with van der Waals surface area (Å²) in [7, 11) is 0. The van der Waals surface area contributed by atoms with E-state index in [0.29, 0.717) is 17.5 Å². The number of hydroxylamine groups is 1. The minimum absolute atomic E-state index is 0.0227. The molecule has 1 amide bonds. The molecule has 0 aromatic heterocycles. The largest absolute Gasteiger partial charge is 0.416 e. The minimum Gasteiger partial charge on any atom is -0.273 e. The van der Waals surface area contributed by atoms with Gasteiger partial charge in [-0.25, -0.2) is 5.48 Å². The van der Waals surface area contributed by atoms with Crippen LogP contribution in [0, 0.1) is 5.92 Å². The van der Waals surface area contributed by atoms with E-state index in [1.807, 2.05) is 6.92 Å². The van der Waals surface area contributed by atoms with Crippen LogP contribution < -0.4 is 5.48 Å². The molecule has 25 heavy (non-hydrogen) atoms. The highest BCUT2D eigenvalue weighted by Gasteiger charge is 2.35. The van der Waals surface area contributed by atoms with Crippen LogP contribution in [0.1, 0.15) is 75.0 Å². The molecule has 1 atom stereocenters. The van der Waals surface area contributed by atoms with Crippen molar-refractivity contribution in [3.8, 4) is 0 Å². The Labute approximate surface area is 146 Å². The van der Waals surface area contributed by atoms with Gasteiger partial charge < -0.3 is 0 Å². The van der Waals surface area contributed by atoms with Crippen molar-refractivity contribution in [2.45, 2.75) is 71.1 Å². The first kappa shape index (κ1) is 19.8. The maximum atomic E-state index is 13.5. The number of carbonyl (C=O) groups excluding carboxylic acids is 1. The zero-order valence-corrected chi connectivity index (χ0v) is 14.8. The first-order valence-electron chi connectivity index (χ1n) is 8.94. The summed E-state index contributed by atoms with van der Waals surface area (Å²) in [6, 6.07) is 4.39. The van der Waals surface area contributed by atoms with E-state index in [9.17, 15) is 18.0 Å². The fraction of sp³-hybridized carbons (Fsp3) is 0.632. The van der Waals surface area contributed by atoms with Crippen LogP contribution in [0.2, 0.25) is 0 Å². The van der Waals surface area contributed by atoms with E-state index in [-0.39, 0.29) is 24.3 Å². The Balaban J connectivity index is 2.09. The van der Waals surface area contributed by atoms with Crippen LogP contribution in [-0.4, -0.2) is 5.91 Å². The second-order valence-corrected chi connectivity index (χ2v) is 6.82. The van der Waals surface area contributed by atoms with Crippen molar-refractivity contribution in [1.29, 1.82) is 0 Å². The Kier molecular flexibility index (Phi) is 6.87. The summed E-state index contributed by atoms with van der Waals surface area (Å²) in [5.74, 6) is -0.484. The van der Waals surface area contributed by atoms with Gasteiger partial charge in [0.25, 0.3) is 0 Å². The number of benzene rings is 1. The number of nitrogens with one attached hydrogen (secondary N) is 1. The van der Waals surface area contributed by atoms with Crippen molar-refractivity contribution >= 4 is 5.91 Å². The van der Waals surface area contributed by atoms with Crippen LogP contribution in [0.5, 0.6) is 0 Å². The van der Waals surface area contributed by atoms with Gasteiger partial charge in [0, 0.05) is 5.92 Å². The third kappa shape index (κ3) is 5.46. The minimum atomic E-state index is -4.39. The average Bonchev–Trinajstić information content (AvgIpc) is 2.60. The summed E-state index contributed by atoms with van der Waals surface area (Å²) in [4.78, 5) is 16.7. The number of halogens is 3. The van der Waals surface area contributed by atoms with Crippen molar-refractivity contribution < 1.29 is 22.8 Å². The molecule has 6 heteroatoms. The van der Waals surface area contributed by atoms with Crippen LogP contribution in [0.15, 0.2) is 18.2 Å². The van der Waals surface area contributed by atoms with Gasteiger partial charge in [0.1, 0.15) is 0 Å². The van der Waals surface area contributed by atoms with Crippen LogP contribution in [-0.2, 0) is 22.4 Å². The summed E-state index contributed by atoms with van der Waals surface area (Å²) >= 11 is 0. The van der Waals surface area contributed by atoms with Gasteiger partial charge in [-0.05, 0) is 42.4 Å². The van der Waals surface area contributed by atoms with Crippen LogP contribution >= 0.6 is 0 Å². The summed E-state index contributed by atoms with van der Waals surface area (Å²) in [5, 5.41) is 0. The summed E-state index contributed by atoms with van der Waals surface area (Å²) in [5.41, 5.74) is 2.51. The van der Waals surface area contributed by atoms with Gasteiger partial charge in [-0.1, -0.05) is 45.2 Å². The number of hydrogen-bond donors (Lipinski definition) is 1. The standard InChI is InChI=1S/C19H26F3NO2/c1-3-13(2)18(24)23-25-12-14-9-10-16(15-7-5-4-6-8-15)17(11-14)19(20,21)22/h9-11,13,15H,3-8,12H2,1-2H3,(H,23,24). The first-order chi connectivity index (χ1) is 11.8. The first-order valence-corrected chi connectivity index (χ1v) is 8.94. The van der Waals surface area contributed by atoms with Gasteiger partial charge in [0.05, 0.1) is 12.2 Å². The molecule has 1 aromatic rings. The molecule has 1 fully saturated rings. The molecule has 1 unspecified atom stereocenters. The van der Waals surface area contributed by atoms with Crippen molar-refractivity contribution in [2.75, 3.05) is 0 Å². The number of alkyl halides is 3. The third-order valence-corrected chi connectivity index (χ3v) is 4.94. The quantitative estimate of drug-likeness (QED) is 0.697. The Hall–Kier alpha value is -1.56. The van der Waals surface area contributed by atoms with E-state index in [1.54, 1.807) is 19.1 Å². The van der Waals surface area contributed by atoms with Crippen LogP contribution in [0.25, 0.3) is 0 Å². The molecular formula is C19H26F3NO2. The van der Waals surface area contributed by atoms with E-state index < -0.39 is 11.7 Å². The van der Waals surface area contributed by atoms with Gasteiger partial charge in [0.15, 0.2) is 0 Å². The highest BCUT2D eigenvalue weighted by Crippen LogP contribution is 2.41. The molecule has 0 spiro atoms. The Morgan fingerprint density at radius 3 is 2.56 bits per heavy atom. The van der Waals surface area contributed by atoms with Gasteiger partial charge in [-0.3, -0.25) is 9.63 Å². The molecule has 140 valence electrons. The van der Waals surface area contributed by atoms with E-state index in [4.69, 9.17) is 4.84 Å². The predicted octanol–water partition coefficient (Wildman–Crippen LogP) is 5.35. The lowest BCUT2D eigenvalue weighted by molar-refractivity contribution is -0.140. The summed E-state index contributed by atoms with van der Waals surface area (Å²) in [6.07, 6.45) is 0.961. The maximum absolute atomic E-state index is 13.5. The highest BCUT2D eigenvalue weighted by atomic mass is 19.4. The molecule has 1 saturated carbocycles. The average molecular weight is 357 g/mol. The van der Waals surface area contributed by atoms with Crippen molar-refractivity contribution in [3.05, 3.63) is 34.9 Å². The number of rotatable bonds is 6. The molecule has 0 aliphatic heterocycles. The molecule has 3 nitrogen and oxygen atoms in total. The Morgan fingerprint density at radius 2 is 1.96 bits per heavy atom. The van der Waals surface area contributed by atoms with E-state index in [1.165, 1.54) is 0 Å². The summed E-state index contributed by atoms with van der Waals surface area (Å²) < 4.78 is 40.4. The number of amides is 1. The monoisotopic (exact) mass is 357 g/mol. The maximum Gasteiger partial charge on any atom is 0.416 e. The van der Waals surface area contributed by atoms with Crippen molar-refractivity contribution in [2.24, 2.45) is 5.92 Å². The smallest absolute Gasteiger partial charge is 0.273 e. The van der Waals surface area contributed by atoms with Crippen molar-refractivity contribution in [3.63, 3.8) is 0 Å². The predicted molar refractivity (Wildman–Crippen MR) is 89.7 cm³/mol. The molecule has 1 aromatic carbocycles. The van der Waals surface area contributed by atoms with Crippen LogP contribution in [0.3, 0.4) is 0 Å². The van der Waals surface area contributed by atoms with Gasteiger partial charge in [-0.2, -0.15) is 13.2 Å². The zero-order valence-electron chi connectivity index (χ0n) is 14.8. The molecule has 1 N–H and O–H groups in total. The topological polar surface area (TPSA) is 38.3 Å². The lowest BCUT2D eigenvalue weighted by Crippen LogP contribution is -2.28. The number of carbonyl (C=O) groups is 1. The molecule has 0 saturated heterocycles. The summed E-state index contributed by atoms with van der Waals surface area (Å²) in [6.45, 7) is 3.56. The Bertz CT molecular complexity index is 581. The SMILES string of the molecule is CCC(C)C(=O)NOCc1ccc(C2CCCCC2)c(C(F)(F)F)c1. The molecule has 0 radical (unpaired) electrons. The molecular weight excluding hydrogens is 331 g/mol. The lowest BCUT2D eigenvalue weighted by atomic mass is 9.81. The molecule has 2 rings (SSSR count). The fourth-order valence-corrected chi connectivity index (χ4v) is 3.18. The second kappa shape index (κ2) is 8.70. The van der Waals surface area contributed by atoms with Gasteiger partial charge in [0.2, 0.25) is 5.91 Å². The number of hydrogen-bond acceptors (Lipinski definition) is 2. The molecule has 0 heterocycles. The lowest BCUT2D eigenvalue weighted by Gasteiger charge is -2.25. The highest BCUT2D eigenvalue weighted by molar-refractivity contribution is 5.77. The van der Waals surface area contributed by atoms with E-state index >= 15 is 0 Å². The second-order valence-electron chi connectivity index (χ2n) is 6.82. The van der Waals surface area contributed by atoms with Crippen LogP contribution in [0.4, 0.5) is 13.2 Å².